The SMILES string of the molecule is CCOc1ccc(-c2nc(N(N)C(F)(F)F)nc(=O)[nH]2)cc1OCC. The third-order valence-electron chi connectivity index (χ3n) is 2.94. The number of benzene rings is 1. The number of hydrogen-bond acceptors (Lipinski definition) is 7. The van der Waals surface area contributed by atoms with Crippen molar-refractivity contribution in [3.05, 3.63) is 28.7 Å². The van der Waals surface area contributed by atoms with Crippen LogP contribution in [0.4, 0.5) is 19.1 Å². The summed E-state index contributed by atoms with van der Waals surface area (Å²) in [5.74, 6) is 4.62. The molecule has 25 heavy (non-hydrogen) atoms. The largest absolute Gasteiger partial charge is 0.501 e. The number of nitrogens with one attached hydrogen (secondary N) is 1. The minimum Gasteiger partial charge on any atom is -0.490 e. The highest BCUT2D eigenvalue weighted by Crippen LogP contribution is 2.32. The van der Waals surface area contributed by atoms with Gasteiger partial charge < -0.3 is 9.47 Å². The van der Waals surface area contributed by atoms with E-state index in [1.165, 1.54) is 12.1 Å². The average Bonchev–Trinajstić information content (AvgIpc) is 2.54. The quantitative estimate of drug-likeness (QED) is 0.460. The Labute approximate surface area is 140 Å². The number of rotatable bonds is 6. The number of nitrogens with zero attached hydrogens (tertiary/aromatic N) is 3. The lowest BCUT2D eigenvalue weighted by Crippen LogP contribution is -2.46. The van der Waals surface area contributed by atoms with E-state index in [1.54, 1.807) is 19.9 Å². The summed E-state index contributed by atoms with van der Waals surface area (Å²) in [4.78, 5) is 20.7. The third-order valence-corrected chi connectivity index (χ3v) is 2.94. The molecule has 0 atom stereocenters. The first-order chi connectivity index (χ1) is 11.8. The van der Waals surface area contributed by atoms with Gasteiger partial charge in [-0.2, -0.15) is 15.0 Å². The second-order valence-electron chi connectivity index (χ2n) is 4.67. The van der Waals surface area contributed by atoms with Crippen LogP contribution in [0.2, 0.25) is 0 Å². The molecule has 0 aliphatic carbocycles. The molecule has 0 radical (unpaired) electrons. The number of aromatic nitrogens is 3. The Kier molecular flexibility index (Phi) is 5.47. The topological polar surface area (TPSA) is 106 Å². The van der Waals surface area contributed by atoms with Gasteiger partial charge >= 0.3 is 12.0 Å². The van der Waals surface area contributed by atoms with Crippen LogP contribution in [-0.2, 0) is 0 Å². The predicted molar refractivity (Wildman–Crippen MR) is 83.1 cm³/mol. The standard InChI is InChI=1S/C14H16F3N5O3/c1-3-24-9-6-5-8(7-10(9)25-4-2)11-19-12(21-13(23)20-11)22(18)14(15,16)17/h5-7H,3-4,18H2,1-2H3,(H,19,20,21,23). The lowest BCUT2D eigenvalue weighted by molar-refractivity contribution is -0.130. The number of hydrogen-bond donors (Lipinski definition) is 2. The van der Waals surface area contributed by atoms with Crippen molar-refractivity contribution in [3.63, 3.8) is 0 Å². The Bertz CT molecular complexity index is 794. The van der Waals surface area contributed by atoms with E-state index in [0.717, 1.165) is 0 Å². The number of hydrazine groups is 1. The molecule has 0 bridgehead atoms. The molecular formula is C14H16F3N5O3. The fourth-order valence-corrected chi connectivity index (χ4v) is 1.93. The average molecular weight is 359 g/mol. The van der Waals surface area contributed by atoms with Crippen LogP contribution in [-0.4, -0.2) is 34.5 Å². The second kappa shape index (κ2) is 7.38. The summed E-state index contributed by atoms with van der Waals surface area (Å²) in [6.07, 6.45) is -4.93. The number of aromatic amines is 1. The van der Waals surface area contributed by atoms with Crippen molar-refractivity contribution in [1.29, 1.82) is 0 Å². The number of ether oxygens (including phenoxy) is 2. The molecular weight excluding hydrogens is 343 g/mol. The Morgan fingerprint density at radius 2 is 1.80 bits per heavy atom. The fraction of sp³-hybridized carbons (Fsp3) is 0.357. The molecule has 0 aliphatic rings. The summed E-state index contributed by atoms with van der Waals surface area (Å²) in [6, 6.07) is 4.57. The molecule has 1 aromatic carbocycles. The highest BCUT2D eigenvalue weighted by molar-refractivity contribution is 5.61. The van der Waals surface area contributed by atoms with E-state index < -0.39 is 22.9 Å². The van der Waals surface area contributed by atoms with E-state index in [2.05, 4.69) is 15.0 Å². The van der Waals surface area contributed by atoms with Gasteiger partial charge in [0.2, 0.25) is 0 Å². The Morgan fingerprint density at radius 3 is 2.40 bits per heavy atom. The molecule has 0 unspecified atom stereocenters. The zero-order chi connectivity index (χ0) is 18.6. The monoisotopic (exact) mass is 359 g/mol. The molecule has 1 aromatic heterocycles. The van der Waals surface area contributed by atoms with E-state index in [0.29, 0.717) is 30.3 Å². The summed E-state index contributed by atoms with van der Waals surface area (Å²) in [6.45, 7) is 4.31. The summed E-state index contributed by atoms with van der Waals surface area (Å²) >= 11 is 0. The smallest absolute Gasteiger partial charge is 0.490 e. The zero-order valence-electron chi connectivity index (χ0n) is 13.4. The minimum absolute atomic E-state index is 0.140. The molecule has 11 heteroatoms. The minimum atomic E-state index is -4.93. The molecule has 2 rings (SSSR count). The highest BCUT2D eigenvalue weighted by atomic mass is 19.4. The molecule has 3 N–H and O–H groups in total. The van der Waals surface area contributed by atoms with Crippen LogP contribution in [0, 0.1) is 0 Å². The van der Waals surface area contributed by atoms with Crippen LogP contribution in [0.15, 0.2) is 23.0 Å². The second-order valence-corrected chi connectivity index (χ2v) is 4.67. The van der Waals surface area contributed by atoms with Gasteiger partial charge in [0.15, 0.2) is 11.5 Å². The third kappa shape index (κ3) is 4.38. The first kappa shape index (κ1) is 18.5. The Balaban J connectivity index is 2.49. The molecule has 0 fully saturated rings. The van der Waals surface area contributed by atoms with Gasteiger partial charge in [-0.15, -0.1) is 13.2 Å². The van der Waals surface area contributed by atoms with Gasteiger partial charge in [0.25, 0.3) is 5.95 Å². The molecule has 2 aromatic rings. The van der Waals surface area contributed by atoms with Gasteiger partial charge in [0.1, 0.15) is 5.82 Å². The van der Waals surface area contributed by atoms with Gasteiger partial charge in [-0.05, 0) is 32.0 Å². The van der Waals surface area contributed by atoms with Gasteiger partial charge in [-0.25, -0.2) is 10.6 Å². The number of alkyl halides is 3. The van der Waals surface area contributed by atoms with E-state index in [4.69, 9.17) is 15.3 Å². The number of anilines is 1. The van der Waals surface area contributed by atoms with Gasteiger partial charge in [0.05, 0.1) is 13.2 Å². The van der Waals surface area contributed by atoms with Gasteiger partial charge in [-0.3, -0.25) is 4.98 Å². The highest BCUT2D eigenvalue weighted by Gasteiger charge is 2.38. The van der Waals surface area contributed by atoms with Crippen molar-refractivity contribution in [2.24, 2.45) is 5.84 Å². The lowest BCUT2D eigenvalue weighted by atomic mass is 10.2. The van der Waals surface area contributed by atoms with Crippen molar-refractivity contribution < 1.29 is 22.6 Å². The van der Waals surface area contributed by atoms with Crippen molar-refractivity contribution in [1.82, 2.24) is 15.0 Å². The lowest BCUT2D eigenvalue weighted by Gasteiger charge is -2.19. The summed E-state index contributed by atoms with van der Waals surface area (Å²) < 4.78 is 48.9. The van der Waals surface area contributed by atoms with Crippen LogP contribution in [0.5, 0.6) is 11.5 Å². The van der Waals surface area contributed by atoms with E-state index in [9.17, 15) is 18.0 Å². The molecule has 0 saturated heterocycles. The molecule has 136 valence electrons. The molecule has 0 aliphatic heterocycles. The molecule has 8 nitrogen and oxygen atoms in total. The first-order valence-corrected chi connectivity index (χ1v) is 7.26. The molecule has 0 spiro atoms. The summed E-state index contributed by atoms with van der Waals surface area (Å²) in [5, 5.41) is -0.635. The van der Waals surface area contributed by atoms with Gasteiger partial charge in [-0.1, -0.05) is 0 Å². The maximum atomic E-state index is 12.7. The fourth-order valence-electron chi connectivity index (χ4n) is 1.93. The van der Waals surface area contributed by atoms with Crippen molar-refractivity contribution >= 4 is 5.95 Å². The number of H-pyrrole nitrogens is 1. The number of halogens is 3. The molecule has 1 heterocycles. The zero-order valence-corrected chi connectivity index (χ0v) is 13.4. The van der Waals surface area contributed by atoms with Crippen LogP contribution in [0.25, 0.3) is 11.4 Å². The van der Waals surface area contributed by atoms with Crippen LogP contribution < -0.4 is 26.0 Å². The van der Waals surface area contributed by atoms with E-state index >= 15 is 0 Å². The van der Waals surface area contributed by atoms with Crippen molar-refractivity contribution in [3.8, 4) is 22.9 Å². The van der Waals surface area contributed by atoms with Gasteiger partial charge in [0, 0.05) is 5.56 Å². The summed E-state index contributed by atoms with van der Waals surface area (Å²) in [5.41, 5.74) is -0.713. The Hall–Kier alpha value is -2.82. The maximum absolute atomic E-state index is 12.7. The van der Waals surface area contributed by atoms with Crippen LogP contribution in [0.1, 0.15) is 13.8 Å². The van der Waals surface area contributed by atoms with E-state index in [1.807, 2.05) is 0 Å². The molecule has 0 saturated carbocycles. The first-order valence-electron chi connectivity index (χ1n) is 7.26. The molecule has 0 amide bonds. The maximum Gasteiger partial charge on any atom is 0.501 e. The Morgan fingerprint density at radius 1 is 1.16 bits per heavy atom. The predicted octanol–water partition coefficient (Wildman–Crippen LogP) is 1.83. The van der Waals surface area contributed by atoms with E-state index in [-0.39, 0.29) is 5.82 Å². The van der Waals surface area contributed by atoms with Crippen molar-refractivity contribution in [2.75, 3.05) is 18.2 Å². The van der Waals surface area contributed by atoms with Crippen LogP contribution in [0.3, 0.4) is 0 Å². The normalized spacial score (nSPS) is 11.3. The van der Waals surface area contributed by atoms with Crippen molar-refractivity contribution in [2.45, 2.75) is 20.1 Å². The van der Waals surface area contributed by atoms with Crippen LogP contribution >= 0.6 is 0 Å². The number of nitrogens with two attached hydrogens (primary N) is 1. The summed E-state index contributed by atoms with van der Waals surface area (Å²) in [7, 11) is 0.